The smallest absolute Gasteiger partial charge is 0.255 e. The lowest BCUT2D eigenvalue weighted by Gasteiger charge is -2.29. The molecule has 1 fully saturated rings. The lowest BCUT2D eigenvalue weighted by Crippen LogP contribution is -2.42. The molecule has 2 aliphatic heterocycles. The summed E-state index contributed by atoms with van der Waals surface area (Å²) in [5, 5.41) is 2.79. The molecule has 0 saturated carbocycles. The molecule has 0 bridgehead atoms. The van der Waals surface area contributed by atoms with Gasteiger partial charge in [-0.05, 0) is 12.1 Å². The van der Waals surface area contributed by atoms with E-state index in [1.54, 1.807) is 25.3 Å². The Morgan fingerprint density at radius 2 is 2.00 bits per heavy atom. The average Bonchev–Trinajstić information content (AvgIpc) is 3.18. The van der Waals surface area contributed by atoms with Crippen LogP contribution < -0.4 is 25.2 Å². The number of benzene rings is 1. The summed E-state index contributed by atoms with van der Waals surface area (Å²) < 4.78 is 22.4. The van der Waals surface area contributed by atoms with Gasteiger partial charge in [0.2, 0.25) is 18.6 Å². The summed E-state index contributed by atoms with van der Waals surface area (Å²) in [5.41, 5.74) is 0.769. The fourth-order valence-electron chi connectivity index (χ4n) is 3.23. The number of nitrogens with zero attached hydrogens (tertiary/aromatic N) is 3. The topological polar surface area (TPSA) is 104 Å². The summed E-state index contributed by atoms with van der Waals surface area (Å²) in [6, 6.07) is 6.52. The lowest BCUT2D eigenvalue weighted by molar-refractivity contribution is -0.116. The van der Waals surface area contributed by atoms with E-state index < -0.39 is 0 Å². The van der Waals surface area contributed by atoms with Crippen molar-refractivity contribution < 1.29 is 23.7 Å². The van der Waals surface area contributed by atoms with Gasteiger partial charge in [-0.1, -0.05) is 0 Å². The highest BCUT2D eigenvalue weighted by Gasteiger charge is 2.21. The first kappa shape index (κ1) is 19.2. The SMILES string of the molecule is COCc1cc(=O)n(CC(=O)Nc2ccc3c(c2)OCO3)c(N2CCOCC2)n1. The summed E-state index contributed by atoms with van der Waals surface area (Å²) >= 11 is 0. The first-order valence-corrected chi connectivity index (χ1v) is 9.26. The van der Waals surface area contributed by atoms with Crippen molar-refractivity contribution in [2.75, 3.05) is 50.4 Å². The van der Waals surface area contributed by atoms with Crippen LogP contribution in [0.25, 0.3) is 0 Å². The summed E-state index contributed by atoms with van der Waals surface area (Å²) in [4.78, 5) is 31.8. The minimum atomic E-state index is -0.346. The Bertz CT molecular complexity index is 954. The molecule has 0 unspecified atom stereocenters. The molecule has 0 aliphatic carbocycles. The second kappa shape index (κ2) is 8.50. The number of amides is 1. The number of carbonyl (C=O) groups is 1. The lowest BCUT2D eigenvalue weighted by atomic mass is 10.2. The van der Waals surface area contributed by atoms with Crippen LogP contribution in [0.5, 0.6) is 11.5 Å². The molecule has 0 spiro atoms. The second-order valence-electron chi connectivity index (χ2n) is 6.62. The zero-order valence-electron chi connectivity index (χ0n) is 16.1. The molecule has 1 amide bonds. The van der Waals surface area contributed by atoms with Crippen LogP contribution in [-0.4, -0.2) is 55.7 Å². The van der Waals surface area contributed by atoms with E-state index in [1.165, 1.54) is 10.6 Å². The van der Waals surface area contributed by atoms with E-state index in [-0.39, 0.29) is 31.4 Å². The van der Waals surface area contributed by atoms with Crippen LogP contribution in [0.3, 0.4) is 0 Å². The van der Waals surface area contributed by atoms with Crippen molar-refractivity contribution in [3.63, 3.8) is 0 Å². The van der Waals surface area contributed by atoms with Gasteiger partial charge in [-0.2, -0.15) is 0 Å². The summed E-state index contributed by atoms with van der Waals surface area (Å²) in [6.07, 6.45) is 0. The third-order valence-corrected chi connectivity index (χ3v) is 4.59. The number of rotatable bonds is 6. The van der Waals surface area contributed by atoms with Crippen molar-refractivity contribution in [1.29, 1.82) is 0 Å². The molecule has 1 aromatic heterocycles. The maximum atomic E-state index is 12.7. The third-order valence-electron chi connectivity index (χ3n) is 4.59. The molecule has 0 radical (unpaired) electrons. The van der Waals surface area contributed by atoms with Gasteiger partial charge in [0.25, 0.3) is 5.56 Å². The minimum absolute atomic E-state index is 0.157. The summed E-state index contributed by atoms with van der Waals surface area (Å²) in [7, 11) is 1.54. The molecule has 29 heavy (non-hydrogen) atoms. The Hall–Kier alpha value is -3.11. The van der Waals surface area contributed by atoms with Gasteiger partial charge in [0, 0.05) is 38.0 Å². The number of methoxy groups -OCH3 is 1. The maximum Gasteiger partial charge on any atom is 0.255 e. The predicted molar refractivity (Wildman–Crippen MR) is 103 cm³/mol. The summed E-state index contributed by atoms with van der Waals surface area (Å²) in [5.74, 6) is 1.29. The fourth-order valence-corrected chi connectivity index (χ4v) is 3.23. The highest BCUT2D eigenvalue weighted by molar-refractivity contribution is 5.91. The molecule has 1 aromatic carbocycles. The van der Waals surface area contributed by atoms with E-state index in [0.29, 0.717) is 55.1 Å². The van der Waals surface area contributed by atoms with E-state index >= 15 is 0 Å². The van der Waals surface area contributed by atoms with Crippen molar-refractivity contribution in [3.05, 3.63) is 40.3 Å². The van der Waals surface area contributed by atoms with E-state index in [2.05, 4.69) is 10.3 Å². The molecule has 2 aliphatic rings. The zero-order valence-corrected chi connectivity index (χ0v) is 16.1. The molecular weight excluding hydrogens is 380 g/mol. The number of aromatic nitrogens is 2. The number of fused-ring (bicyclic) bond motifs is 1. The zero-order chi connectivity index (χ0) is 20.2. The molecule has 2 aromatic rings. The van der Waals surface area contributed by atoms with Crippen molar-refractivity contribution in [1.82, 2.24) is 9.55 Å². The van der Waals surface area contributed by atoms with Gasteiger partial charge >= 0.3 is 0 Å². The van der Waals surface area contributed by atoms with E-state index in [0.717, 1.165) is 0 Å². The Kier molecular flexibility index (Phi) is 5.63. The molecule has 0 atom stereocenters. The van der Waals surface area contributed by atoms with E-state index in [4.69, 9.17) is 18.9 Å². The van der Waals surface area contributed by atoms with Crippen LogP contribution >= 0.6 is 0 Å². The first-order chi connectivity index (χ1) is 14.1. The third kappa shape index (κ3) is 4.33. The number of morpholine rings is 1. The number of hydrogen-bond acceptors (Lipinski definition) is 8. The van der Waals surface area contributed by atoms with Crippen LogP contribution in [-0.2, 0) is 27.4 Å². The molecule has 4 rings (SSSR count). The van der Waals surface area contributed by atoms with Crippen molar-refractivity contribution in [2.45, 2.75) is 13.2 Å². The fraction of sp³-hybridized carbons (Fsp3) is 0.421. The molecule has 3 heterocycles. The Morgan fingerprint density at radius 3 is 2.79 bits per heavy atom. The van der Waals surface area contributed by atoms with Gasteiger partial charge < -0.3 is 29.2 Å². The van der Waals surface area contributed by atoms with Gasteiger partial charge in [0.05, 0.1) is 25.5 Å². The monoisotopic (exact) mass is 402 g/mol. The van der Waals surface area contributed by atoms with Crippen LogP contribution in [0.15, 0.2) is 29.1 Å². The van der Waals surface area contributed by atoms with Crippen molar-refractivity contribution in [2.24, 2.45) is 0 Å². The number of anilines is 2. The largest absolute Gasteiger partial charge is 0.454 e. The van der Waals surface area contributed by atoms with Crippen molar-refractivity contribution >= 4 is 17.5 Å². The number of carbonyl (C=O) groups excluding carboxylic acids is 1. The van der Waals surface area contributed by atoms with Crippen LogP contribution in [0.4, 0.5) is 11.6 Å². The number of hydrogen-bond donors (Lipinski definition) is 1. The van der Waals surface area contributed by atoms with Crippen LogP contribution in [0.2, 0.25) is 0 Å². The van der Waals surface area contributed by atoms with Crippen LogP contribution in [0, 0.1) is 0 Å². The molecular formula is C19H22N4O6. The number of nitrogens with one attached hydrogen (secondary N) is 1. The second-order valence-corrected chi connectivity index (χ2v) is 6.62. The quantitative estimate of drug-likeness (QED) is 0.749. The molecule has 10 nitrogen and oxygen atoms in total. The predicted octanol–water partition coefficient (Wildman–Crippen LogP) is 0.594. The molecule has 1 N–H and O–H groups in total. The molecule has 10 heteroatoms. The standard InChI is InChI=1S/C19H22N4O6/c1-26-11-14-9-18(25)23(19(21-14)22-4-6-27-7-5-22)10-17(24)20-13-2-3-15-16(8-13)29-12-28-15/h2-3,8-9H,4-7,10-12H2,1H3,(H,20,24). The van der Waals surface area contributed by atoms with Gasteiger partial charge in [-0.25, -0.2) is 4.98 Å². The first-order valence-electron chi connectivity index (χ1n) is 9.26. The van der Waals surface area contributed by atoms with Crippen LogP contribution in [0.1, 0.15) is 5.69 Å². The summed E-state index contributed by atoms with van der Waals surface area (Å²) in [6.45, 7) is 2.46. The van der Waals surface area contributed by atoms with Gasteiger partial charge in [0.1, 0.15) is 6.54 Å². The molecule has 1 saturated heterocycles. The maximum absolute atomic E-state index is 12.7. The van der Waals surface area contributed by atoms with Crippen molar-refractivity contribution in [3.8, 4) is 11.5 Å². The Balaban J connectivity index is 1.56. The normalized spacial score (nSPS) is 15.4. The van der Waals surface area contributed by atoms with Gasteiger partial charge in [0.15, 0.2) is 11.5 Å². The minimum Gasteiger partial charge on any atom is -0.454 e. The number of ether oxygens (including phenoxy) is 4. The van der Waals surface area contributed by atoms with Gasteiger partial charge in [-0.15, -0.1) is 0 Å². The Morgan fingerprint density at radius 1 is 1.21 bits per heavy atom. The van der Waals surface area contributed by atoms with Gasteiger partial charge in [-0.3, -0.25) is 14.2 Å². The average molecular weight is 402 g/mol. The highest BCUT2D eigenvalue weighted by Crippen LogP contribution is 2.34. The molecule has 154 valence electrons. The highest BCUT2D eigenvalue weighted by atomic mass is 16.7. The van der Waals surface area contributed by atoms with E-state index in [1.807, 2.05) is 4.90 Å². The van der Waals surface area contributed by atoms with E-state index in [9.17, 15) is 9.59 Å². The Labute approximate surface area is 166 Å².